The van der Waals surface area contributed by atoms with E-state index < -0.39 is 5.60 Å². The maximum Gasteiger partial charge on any atom is 0.258 e. The fourth-order valence-corrected chi connectivity index (χ4v) is 4.04. The minimum atomic E-state index is -0.839. The maximum atomic E-state index is 13.2. The third kappa shape index (κ3) is 7.24. The number of imidazole rings is 1. The van der Waals surface area contributed by atoms with Crippen LogP contribution in [0.4, 0.5) is 5.95 Å². The molecule has 0 aliphatic heterocycles. The Labute approximate surface area is 217 Å². The molecule has 0 bridgehead atoms. The average Bonchev–Trinajstić information content (AvgIpc) is 3.49. The lowest BCUT2D eigenvalue weighted by Gasteiger charge is -2.15. The van der Waals surface area contributed by atoms with Gasteiger partial charge in [0.2, 0.25) is 5.95 Å². The number of nitrogens with one attached hydrogen (secondary N) is 1. The van der Waals surface area contributed by atoms with Gasteiger partial charge in [0.05, 0.1) is 17.5 Å². The number of anilines is 1. The van der Waals surface area contributed by atoms with Crippen LogP contribution in [-0.2, 0) is 18.3 Å². The van der Waals surface area contributed by atoms with Gasteiger partial charge in [-0.1, -0.05) is 30.3 Å². The number of benzene rings is 2. The molecule has 0 aliphatic carbocycles. The van der Waals surface area contributed by atoms with Crippen LogP contribution in [0.2, 0.25) is 0 Å². The minimum Gasteiger partial charge on any atom is -0.390 e. The Bertz CT molecular complexity index is 1370. The summed E-state index contributed by atoms with van der Waals surface area (Å²) in [5.41, 5.74) is 3.18. The van der Waals surface area contributed by atoms with Gasteiger partial charge in [-0.15, -0.1) is 0 Å². The number of hydrogen-bond acceptors (Lipinski definition) is 5. The Hall–Kier alpha value is -4.04. The number of aliphatic hydroxyl groups is 1. The van der Waals surface area contributed by atoms with Crippen LogP contribution in [0.1, 0.15) is 55.6 Å². The lowest BCUT2D eigenvalue weighted by atomic mass is 9.99. The van der Waals surface area contributed by atoms with Gasteiger partial charge in [-0.2, -0.15) is 5.10 Å². The van der Waals surface area contributed by atoms with Crippen molar-refractivity contribution >= 4 is 17.6 Å². The summed E-state index contributed by atoms with van der Waals surface area (Å²) < 4.78 is 3.58. The normalized spacial score (nSPS) is 11.5. The number of carbonyl (C=O) groups excluding carboxylic acids is 2. The van der Waals surface area contributed by atoms with Crippen molar-refractivity contribution in [1.82, 2.24) is 19.3 Å². The zero-order valence-electron chi connectivity index (χ0n) is 21.5. The minimum absolute atomic E-state index is 0.131. The summed E-state index contributed by atoms with van der Waals surface area (Å²) >= 11 is 0. The highest BCUT2D eigenvalue weighted by Gasteiger charge is 2.17. The molecule has 0 fully saturated rings. The lowest BCUT2D eigenvalue weighted by Crippen LogP contribution is -2.19. The molecule has 4 aromatic rings. The van der Waals surface area contributed by atoms with Gasteiger partial charge in [0.25, 0.3) is 5.91 Å². The fraction of sp³-hybridized carbons (Fsp3) is 0.310. The van der Waals surface area contributed by atoms with E-state index in [4.69, 9.17) is 0 Å². The van der Waals surface area contributed by atoms with Crippen molar-refractivity contribution in [2.45, 2.75) is 51.6 Å². The second kappa shape index (κ2) is 11.3. The van der Waals surface area contributed by atoms with Gasteiger partial charge in [-0.05, 0) is 62.9 Å². The van der Waals surface area contributed by atoms with E-state index in [9.17, 15) is 14.7 Å². The van der Waals surface area contributed by atoms with Crippen molar-refractivity contribution in [2.24, 2.45) is 7.05 Å². The molecule has 0 aliphatic rings. The van der Waals surface area contributed by atoms with Crippen LogP contribution in [-0.4, -0.2) is 41.7 Å². The highest BCUT2D eigenvalue weighted by molar-refractivity contribution is 6.04. The van der Waals surface area contributed by atoms with Crippen molar-refractivity contribution in [3.8, 4) is 16.8 Å². The molecule has 0 atom stereocenters. The molecule has 192 valence electrons. The Morgan fingerprint density at radius 3 is 2.49 bits per heavy atom. The first-order valence-electron chi connectivity index (χ1n) is 12.5. The molecule has 0 saturated carbocycles. The van der Waals surface area contributed by atoms with Crippen LogP contribution in [0.5, 0.6) is 0 Å². The molecule has 1 amide bonds. The summed E-state index contributed by atoms with van der Waals surface area (Å²) in [7, 11) is 1.85. The van der Waals surface area contributed by atoms with Crippen LogP contribution in [0.3, 0.4) is 0 Å². The zero-order valence-corrected chi connectivity index (χ0v) is 21.5. The van der Waals surface area contributed by atoms with Crippen molar-refractivity contribution in [2.75, 3.05) is 5.32 Å². The van der Waals surface area contributed by atoms with Gasteiger partial charge in [-0.3, -0.25) is 24.2 Å². The summed E-state index contributed by atoms with van der Waals surface area (Å²) in [6.45, 7) is 3.42. The molecular weight excluding hydrogens is 466 g/mol. The maximum absolute atomic E-state index is 13.2. The van der Waals surface area contributed by atoms with E-state index in [0.29, 0.717) is 43.6 Å². The molecule has 4 rings (SSSR count). The molecule has 2 heterocycles. The van der Waals surface area contributed by atoms with E-state index >= 15 is 0 Å². The number of nitrogens with zero attached hydrogens (tertiary/aromatic N) is 4. The number of carbonyl (C=O) groups is 2. The van der Waals surface area contributed by atoms with Crippen LogP contribution < -0.4 is 5.32 Å². The van der Waals surface area contributed by atoms with E-state index in [0.717, 1.165) is 22.5 Å². The molecule has 2 N–H and O–H groups in total. The van der Waals surface area contributed by atoms with E-state index in [1.165, 1.54) is 0 Å². The van der Waals surface area contributed by atoms with E-state index in [-0.39, 0.29) is 11.7 Å². The predicted octanol–water partition coefficient (Wildman–Crippen LogP) is 4.97. The molecule has 0 spiro atoms. The summed E-state index contributed by atoms with van der Waals surface area (Å²) in [4.78, 5) is 30.1. The van der Waals surface area contributed by atoms with Gasteiger partial charge in [0.15, 0.2) is 0 Å². The zero-order chi connectivity index (χ0) is 26.4. The van der Waals surface area contributed by atoms with Gasteiger partial charge < -0.3 is 5.11 Å². The van der Waals surface area contributed by atoms with Crippen molar-refractivity contribution in [3.05, 3.63) is 84.4 Å². The Kier molecular flexibility index (Phi) is 7.98. The predicted molar refractivity (Wildman–Crippen MR) is 144 cm³/mol. The number of aromatic nitrogens is 4. The summed E-state index contributed by atoms with van der Waals surface area (Å²) in [5.74, 6) is 0.292. The molecule has 2 aromatic heterocycles. The molecule has 0 saturated heterocycles. The molecule has 0 unspecified atom stereocenters. The second-order valence-electron chi connectivity index (χ2n) is 9.90. The first-order valence-corrected chi connectivity index (χ1v) is 12.5. The van der Waals surface area contributed by atoms with Gasteiger partial charge >= 0.3 is 0 Å². The standard InChI is InChI=1S/C29H33N5O3/c1-29(2,37)16-15-26(35)14-8-11-24-20-34(25-12-5-4-6-13-25)28(31-24)32-27(36)22-10-7-9-21(17-22)23-18-30-33(3)19-23/h4-7,9-10,12-13,17-20,37H,8,11,14-16H2,1-3H3,(H,31,32,36). The highest BCUT2D eigenvalue weighted by Crippen LogP contribution is 2.22. The van der Waals surface area contributed by atoms with Gasteiger partial charge in [0, 0.05) is 49.1 Å². The summed E-state index contributed by atoms with van der Waals surface area (Å²) in [6.07, 6.45) is 8.07. The highest BCUT2D eigenvalue weighted by atomic mass is 16.3. The summed E-state index contributed by atoms with van der Waals surface area (Å²) in [6, 6.07) is 17.1. The molecular formula is C29H33N5O3. The molecule has 0 radical (unpaired) electrons. The third-order valence-corrected chi connectivity index (χ3v) is 6.08. The molecule has 8 nitrogen and oxygen atoms in total. The topological polar surface area (TPSA) is 102 Å². The average molecular weight is 500 g/mol. The SMILES string of the molecule is Cn1cc(-c2cccc(C(=O)Nc3nc(CCCC(=O)CCC(C)(C)O)cn3-c3ccccc3)c2)cn1. The van der Waals surface area contributed by atoms with Gasteiger partial charge in [0.1, 0.15) is 5.78 Å². The third-order valence-electron chi connectivity index (χ3n) is 6.08. The first kappa shape index (κ1) is 26.0. The van der Waals surface area contributed by atoms with E-state index in [1.807, 2.05) is 72.5 Å². The van der Waals surface area contributed by atoms with Crippen LogP contribution in [0.25, 0.3) is 16.8 Å². The van der Waals surface area contributed by atoms with Gasteiger partial charge in [-0.25, -0.2) is 4.98 Å². The molecule has 2 aromatic carbocycles. The van der Waals surface area contributed by atoms with Crippen LogP contribution in [0, 0.1) is 0 Å². The number of Topliss-reactive ketones (excluding diaryl/α,β-unsaturated/α-hetero) is 1. The van der Waals surface area contributed by atoms with Crippen LogP contribution in [0.15, 0.2) is 73.2 Å². The Balaban J connectivity index is 1.48. The largest absolute Gasteiger partial charge is 0.390 e. The fourth-order valence-electron chi connectivity index (χ4n) is 4.04. The van der Waals surface area contributed by atoms with Crippen molar-refractivity contribution in [1.29, 1.82) is 0 Å². The van der Waals surface area contributed by atoms with E-state index in [2.05, 4.69) is 15.4 Å². The Morgan fingerprint density at radius 1 is 1.00 bits per heavy atom. The first-order chi connectivity index (χ1) is 17.7. The molecule has 8 heteroatoms. The second-order valence-corrected chi connectivity index (χ2v) is 9.90. The monoisotopic (exact) mass is 499 g/mol. The smallest absolute Gasteiger partial charge is 0.258 e. The van der Waals surface area contributed by atoms with E-state index in [1.54, 1.807) is 30.8 Å². The number of aryl methyl sites for hydroxylation is 2. The van der Waals surface area contributed by atoms with Crippen molar-refractivity contribution in [3.63, 3.8) is 0 Å². The lowest BCUT2D eigenvalue weighted by molar-refractivity contribution is -0.120. The summed E-state index contributed by atoms with van der Waals surface area (Å²) in [5, 5.41) is 17.0. The number of para-hydroxylation sites is 1. The number of amides is 1. The quantitative estimate of drug-likeness (QED) is 0.303. The number of hydrogen-bond donors (Lipinski definition) is 2. The van der Waals surface area contributed by atoms with Crippen LogP contribution >= 0.6 is 0 Å². The number of ketones is 1. The number of rotatable bonds is 11. The molecule has 37 heavy (non-hydrogen) atoms. The van der Waals surface area contributed by atoms with Crippen molar-refractivity contribution < 1.29 is 14.7 Å². The Morgan fingerprint density at radius 2 is 1.78 bits per heavy atom.